The smallest absolute Gasteiger partial charge is 0.0726 e. The maximum absolute atomic E-state index is 3.90. The van der Waals surface area contributed by atoms with Gasteiger partial charge >= 0.3 is 0 Å². The first-order chi connectivity index (χ1) is 25.6. The Hall–Kier alpha value is -6.44. The van der Waals surface area contributed by atoms with Gasteiger partial charge in [-0.1, -0.05) is 175 Å². The van der Waals surface area contributed by atoms with Crippen LogP contribution in [0.3, 0.4) is 0 Å². The number of benzene rings is 9. The first-order valence-corrected chi connectivity index (χ1v) is 18.2. The van der Waals surface area contributed by atoms with E-state index in [9.17, 15) is 0 Å². The normalized spacial score (nSPS) is 13.0. The topological polar surface area (TPSA) is 12.0 Å². The van der Waals surface area contributed by atoms with Crippen molar-refractivity contribution in [2.45, 2.75) is 19.3 Å². The molecule has 0 amide bonds. The molecule has 0 fully saturated rings. The summed E-state index contributed by atoms with van der Waals surface area (Å²) < 4.78 is 0. The summed E-state index contributed by atoms with van der Waals surface area (Å²) in [5.41, 5.74) is 15.3. The van der Waals surface area contributed by atoms with Crippen LogP contribution in [0, 0.1) is 13.8 Å². The molecule has 1 spiro atoms. The summed E-state index contributed by atoms with van der Waals surface area (Å²) in [6.07, 6.45) is 0. The van der Waals surface area contributed by atoms with Crippen molar-refractivity contribution >= 4 is 43.7 Å². The first-order valence-electron chi connectivity index (χ1n) is 18.2. The minimum Gasteiger partial charge on any atom is -0.355 e. The van der Waals surface area contributed by atoms with Crippen molar-refractivity contribution in [3.63, 3.8) is 0 Å². The average molecular weight is 664 g/mol. The molecule has 1 nitrogen and oxygen atoms in total. The van der Waals surface area contributed by atoms with Gasteiger partial charge in [0, 0.05) is 16.9 Å². The largest absolute Gasteiger partial charge is 0.355 e. The molecular formula is C51H37N. The highest BCUT2D eigenvalue weighted by atomic mass is 14.9. The van der Waals surface area contributed by atoms with Crippen LogP contribution >= 0.6 is 0 Å². The van der Waals surface area contributed by atoms with Crippen LogP contribution in [-0.4, -0.2) is 0 Å². The minimum absolute atomic E-state index is 0.338. The van der Waals surface area contributed by atoms with Crippen LogP contribution in [0.25, 0.3) is 54.6 Å². The molecule has 0 aromatic heterocycles. The number of rotatable bonds is 2. The molecule has 2 aliphatic rings. The van der Waals surface area contributed by atoms with Gasteiger partial charge in [0.15, 0.2) is 0 Å². The lowest BCUT2D eigenvalue weighted by molar-refractivity contribution is 0.794. The molecule has 1 N–H and O–H groups in total. The van der Waals surface area contributed by atoms with Crippen LogP contribution in [0.5, 0.6) is 0 Å². The van der Waals surface area contributed by atoms with Crippen LogP contribution in [0.1, 0.15) is 33.4 Å². The van der Waals surface area contributed by atoms with Crippen molar-refractivity contribution in [1.82, 2.24) is 0 Å². The van der Waals surface area contributed by atoms with Gasteiger partial charge in [-0.2, -0.15) is 0 Å². The summed E-state index contributed by atoms with van der Waals surface area (Å²) in [6.45, 7) is 4.21. The lowest BCUT2D eigenvalue weighted by Gasteiger charge is -2.30. The van der Waals surface area contributed by atoms with E-state index in [1.165, 1.54) is 88.0 Å². The minimum atomic E-state index is -0.338. The van der Waals surface area contributed by atoms with Gasteiger partial charge in [-0.15, -0.1) is 0 Å². The SMILES string of the molecule is Cc1cccc(C)c1.c1ccc2c(c1)-c1ccccc1C21c2ccccc2-c2c(Nc3ccc4c5ccccc5c5ccccc5c4c3)cccc21. The maximum Gasteiger partial charge on any atom is 0.0726 e. The third-order valence-corrected chi connectivity index (χ3v) is 11.2. The molecular weight excluding hydrogens is 627 g/mol. The summed E-state index contributed by atoms with van der Waals surface area (Å²) >= 11 is 0. The highest BCUT2D eigenvalue weighted by Crippen LogP contribution is 2.63. The van der Waals surface area contributed by atoms with E-state index in [4.69, 9.17) is 0 Å². The van der Waals surface area contributed by atoms with Crippen LogP contribution in [0.4, 0.5) is 11.4 Å². The zero-order valence-electron chi connectivity index (χ0n) is 29.3. The Balaban J connectivity index is 0.000000377. The quantitative estimate of drug-likeness (QED) is 0.182. The van der Waals surface area contributed by atoms with Gasteiger partial charge in [0.2, 0.25) is 0 Å². The lowest BCUT2D eigenvalue weighted by atomic mass is 9.70. The van der Waals surface area contributed by atoms with Crippen molar-refractivity contribution in [3.05, 3.63) is 215 Å². The second-order valence-electron chi connectivity index (χ2n) is 14.2. The molecule has 9 aromatic carbocycles. The predicted octanol–water partition coefficient (Wildman–Crippen LogP) is 13.5. The number of hydrogen-bond acceptors (Lipinski definition) is 1. The molecule has 0 aliphatic heterocycles. The molecule has 0 saturated carbocycles. The van der Waals surface area contributed by atoms with Crippen molar-refractivity contribution in [1.29, 1.82) is 0 Å². The van der Waals surface area contributed by atoms with Crippen molar-refractivity contribution in [3.8, 4) is 22.3 Å². The highest BCUT2D eigenvalue weighted by molar-refractivity contribution is 6.25. The van der Waals surface area contributed by atoms with Crippen molar-refractivity contribution in [2.75, 3.05) is 5.32 Å². The summed E-state index contributed by atoms with van der Waals surface area (Å²) in [6, 6.07) is 66.6. The summed E-state index contributed by atoms with van der Waals surface area (Å²) in [5.74, 6) is 0. The maximum atomic E-state index is 3.90. The number of anilines is 2. The molecule has 0 bridgehead atoms. The van der Waals surface area contributed by atoms with E-state index in [0.717, 1.165) is 11.4 Å². The molecule has 0 saturated heterocycles. The molecule has 0 radical (unpaired) electrons. The molecule has 52 heavy (non-hydrogen) atoms. The Bertz CT molecular complexity index is 2760. The molecule has 0 heterocycles. The van der Waals surface area contributed by atoms with Crippen LogP contribution in [-0.2, 0) is 5.41 Å². The van der Waals surface area contributed by atoms with E-state index >= 15 is 0 Å². The van der Waals surface area contributed by atoms with E-state index in [1.54, 1.807) is 0 Å². The number of fused-ring (bicyclic) bond motifs is 16. The zero-order valence-corrected chi connectivity index (χ0v) is 29.3. The highest BCUT2D eigenvalue weighted by Gasteiger charge is 2.51. The van der Waals surface area contributed by atoms with E-state index < -0.39 is 0 Å². The Kier molecular flexibility index (Phi) is 6.91. The second kappa shape index (κ2) is 11.8. The molecule has 9 aromatic rings. The van der Waals surface area contributed by atoms with Crippen molar-refractivity contribution < 1.29 is 0 Å². The number of nitrogens with one attached hydrogen (secondary N) is 1. The van der Waals surface area contributed by atoms with Gasteiger partial charge in [-0.3, -0.25) is 0 Å². The third-order valence-electron chi connectivity index (χ3n) is 11.2. The standard InChI is InChI=1S/C43H27N.C8H10/c1-2-14-30-28(12-1)29-13-3-4-15-31(29)36-26-27(24-25-32(30)36)44-41-23-11-22-40-42(41)35-18-7-10-21-39(35)43(40)37-19-8-5-16-33(37)34-17-6-9-20-38(34)43;1-7-4-3-5-8(2)6-7/h1-26,44H;3-6H,1-2H3. The fourth-order valence-corrected chi connectivity index (χ4v) is 9.20. The van der Waals surface area contributed by atoms with E-state index in [0.29, 0.717) is 0 Å². The van der Waals surface area contributed by atoms with Crippen LogP contribution < -0.4 is 5.32 Å². The van der Waals surface area contributed by atoms with Gasteiger partial charge in [-0.05, 0) is 103 Å². The molecule has 0 unspecified atom stereocenters. The molecule has 2 aliphatic carbocycles. The Morgan fingerprint density at radius 2 is 0.788 bits per heavy atom. The fraction of sp³-hybridized carbons (Fsp3) is 0.0588. The third kappa shape index (κ3) is 4.42. The van der Waals surface area contributed by atoms with Crippen LogP contribution in [0.15, 0.2) is 182 Å². The summed E-state index contributed by atoms with van der Waals surface area (Å²) in [5, 5.41) is 11.6. The van der Waals surface area contributed by atoms with Gasteiger partial charge in [-0.25, -0.2) is 0 Å². The number of aryl methyl sites for hydroxylation is 2. The second-order valence-corrected chi connectivity index (χ2v) is 14.2. The summed E-state index contributed by atoms with van der Waals surface area (Å²) in [4.78, 5) is 0. The molecule has 11 rings (SSSR count). The van der Waals surface area contributed by atoms with E-state index in [-0.39, 0.29) is 5.41 Å². The zero-order chi connectivity index (χ0) is 34.8. The van der Waals surface area contributed by atoms with Gasteiger partial charge < -0.3 is 5.32 Å². The van der Waals surface area contributed by atoms with Gasteiger partial charge in [0.1, 0.15) is 0 Å². The first kappa shape index (κ1) is 30.4. The Morgan fingerprint density at radius 1 is 0.346 bits per heavy atom. The molecule has 0 atom stereocenters. The van der Waals surface area contributed by atoms with Crippen LogP contribution in [0.2, 0.25) is 0 Å². The molecule has 1 heteroatoms. The average Bonchev–Trinajstić information content (AvgIpc) is 3.66. The predicted molar refractivity (Wildman–Crippen MR) is 221 cm³/mol. The summed E-state index contributed by atoms with van der Waals surface area (Å²) in [7, 11) is 0. The van der Waals surface area contributed by atoms with E-state index in [2.05, 4.69) is 201 Å². The fourth-order valence-electron chi connectivity index (χ4n) is 9.20. The molecule has 246 valence electrons. The van der Waals surface area contributed by atoms with Gasteiger partial charge in [0.25, 0.3) is 0 Å². The lowest BCUT2D eigenvalue weighted by Crippen LogP contribution is -2.25. The Labute approximate surface area is 304 Å². The van der Waals surface area contributed by atoms with Gasteiger partial charge in [0.05, 0.1) is 5.41 Å². The monoisotopic (exact) mass is 663 g/mol. The van der Waals surface area contributed by atoms with Crippen molar-refractivity contribution in [2.24, 2.45) is 0 Å². The van der Waals surface area contributed by atoms with E-state index in [1.807, 2.05) is 0 Å². The Morgan fingerprint density at radius 3 is 1.35 bits per heavy atom. The number of hydrogen-bond donors (Lipinski definition) is 1.